The highest BCUT2D eigenvalue weighted by Gasteiger charge is 2.28. The molecule has 19 heavy (non-hydrogen) atoms. The lowest BCUT2D eigenvalue weighted by Gasteiger charge is -2.23. The molecule has 0 radical (unpaired) electrons. The molecule has 1 amide bonds. The van der Waals surface area contributed by atoms with Gasteiger partial charge in [0, 0.05) is 6.07 Å². The standard InChI is InChI=1S/C10H12N4O5/c1-10(2,9(11)15)12-7-4-3-6(13(16)17)5-8(7)14(18)19/h3-5,12H,1-2H3,(H2,11,15). The molecule has 0 fully saturated rings. The molecule has 0 aliphatic carbocycles. The van der Waals surface area contributed by atoms with Crippen molar-refractivity contribution < 1.29 is 14.6 Å². The van der Waals surface area contributed by atoms with E-state index in [0.29, 0.717) is 0 Å². The predicted molar refractivity (Wildman–Crippen MR) is 66.6 cm³/mol. The van der Waals surface area contributed by atoms with Crippen LogP contribution in [0.3, 0.4) is 0 Å². The molecule has 9 heteroatoms. The minimum absolute atomic E-state index is 0.0144. The van der Waals surface area contributed by atoms with Crippen molar-refractivity contribution in [3.8, 4) is 0 Å². The summed E-state index contributed by atoms with van der Waals surface area (Å²) in [7, 11) is 0. The largest absolute Gasteiger partial charge is 0.368 e. The van der Waals surface area contributed by atoms with Gasteiger partial charge in [0.25, 0.3) is 11.4 Å². The molecule has 0 spiro atoms. The highest BCUT2D eigenvalue weighted by Crippen LogP contribution is 2.30. The molecule has 1 aromatic rings. The van der Waals surface area contributed by atoms with Crippen LogP contribution in [-0.2, 0) is 4.79 Å². The van der Waals surface area contributed by atoms with Crippen molar-refractivity contribution >= 4 is 23.0 Å². The summed E-state index contributed by atoms with van der Waals surface area (Å²) in [4.78, 5) is 31.1. The fraction of sp³-hybridized carbons (Fsp3) is 0.300. The van der Waals surface area contributed by atoms with E-state index in [0.717, 1.165) is 12.1 Å². The third kappa shape index (κ3) is 3.15. The molecule has 0 heterocycles. The quantitative estimate of drug-likeness (QED) is 0.606. The number of non-ortho nitro benzene ring substituents is 1. The number of carbonyl (C=O) groups is 1. The van der Waals surface area contributed by atoms with Crippen molar-refractivity contribution in [2.24, 2.45) is 5.73 Å². The Balaban J connectivity index is 3.25. The summed E-state index contributed by atoms with van der Waals surface area (Å²) in [6.45, 7) is 2.89. The van der Waals surface area contributed by atoms with Gasteiger partial charge < -0.3 is 11.1 Å². The summed E-state index contributed by atoms with van der Waals surface area (Å²) in [5.74, 6) is -0.708. The van der Waals surface area contributed by atoms with E-state index < -0.39 is 32.7 Å². The molecule has 0 bridgehead atoms. The first-order valence-corrected chi connectivity index (χ1v) is 5.16. The summed E-state index contributed by atoms with van der Waals surface area (Å²) in [5, 5.41) is 24.0. The van der Waals surface area contributed by atoms with Gasteiger partial charge in [0.15, 0.2) is 0 Å². The normalized spacial score (nSPS) is 10.8. The van der Waals surface area contributed by atoms with Gasteiger partial charge in [-0.3, -0.25) is 25.0 Å². The van der Waals surface area contributed by atoms with E-state index in [1.165, 1.54) is 19.9 Å². The molecule has 0 atom stereocenters. The van der Waals surface area contributed by atoms with E-state index in [1.807, 2.05) is 0 Å². The van der Waals surface area contributed by atoms with Crippen LogP contribution in [0.5, 0.6) is 0 Å². The number of benzene rings is 1. The number of hydrogen-bond acceptors (Lipinski definition) is 6. The molecule has 0 aromatic heterocycles. The first kappa shape index (κ1) is 14.4. The molecule has 1 rings (SSSR count). The Morgan fingerprint density at radius 2 is 1.84 bits per heavy atom. The first-order chi connectivity index (χ1) is 8.65. The number of nitro groups is 2. The second kappa shape index (κ2) is 4.88. The molecule has 3 N–H and O–H groups in total. The number of primary amides is 1. The highest BCUT2D eigenvalue weighted by atomic mass is 16.6. The maximum atomic E-state index is 11.2. The smallest absolute Gasteiger partial charge is 0.299 e. The maximum Gasteiger partial charge on any atom is 0.299 e. The van der Waals surface area contributed by atoms with E-state index in [-0.39, 0.29) is 5.69 Å². The number of amides is 1. The zero-order valence-electron chi connectivity index (χ0n) is 10.2. The Bertz CT molecular complexity index is 555. The Kier molecular flexibility index (Phi) is 3.69. The summed E-state index contributed by atoms with van der Waals surface area (Å²) < 4.78 is 0. The molecule has 0 saturated carbocycles. The number of nitro benzene ring substituents is 2. The summed E-state index contributed by atoms with van der Waals surface area (Å²) in [6, 6.07) is 3.09. The zero-order valence-corrected chi connectivity index (χ0v) is 10.2. The fourth-order valence-electron chi connectivity index (χ4n) is 1.29. The molecule has 0 unspecified atom stereocenters. The summed E-state index contributed by atoms with van der Waals surface area (Å²) >= 11 is 0. The molecule has 0 aliphatic rings. The second-order valence-electron chi connectivity index (χ2n) is 4.33. The molecule has 0 aliphatic heterocycles. The molecule has 1 aromatic carbocycles. The Morgan fingerprint density at radius 1 is 1.26 bits per heavy atom. The lowest BCUT2D eigenvalue weighted by atomic mass is 10.0. The van der Waals surface area contributed by atoms with E-state index in [2.05, 4.69) is 5.32 Å². The second-order valence-corrected chi connectivity index (χ2v) is 4.33. The van der Waals surface area contributed by atoms with Gasteiger partial charge >= 0.3 is 0 Å². The first-order valence-electron chi connectivity index (χ1n) is 5.16. The third-order valence-corrected chi connectivity index (χ3v) is 2.45. The third-order valence-electron chi connectivity index (χ3n) is 2.45. The van der Waals surface area contributed by atoms with Gasteiger partial charge in [-0.15, -0.1) is 0 Å². The van der Waals surface area contributed by atoms with E-state index in [4.69, 9.17) is 5.73 Å². The van der Waals surface area contributed by atoms with E-state index in [1.54, 1.807) is 0 Å². The van der Waals surface area contributed by atoms with Crippen LogP contribution < -0.4 is 11.1 Å². The highest BCUT2D eigenvalue weighted by molar-refractivity contribution is 5.88. The van der Waals surface area contributed by atoms with Crippen molar-refractivity contribution in [1.29, 1.82) is 0 Å². The van der Waals surface area contributed by atoms with Gasteiger partial charge in [-0.2, -0.15) is 0 Å². The minimum Gasteiger partial charge on any atom is -0.368 e. The summed E-state index contributed by atoms with van der Waals surface area (Å²) in [5.41, 5.74) is 3.00. The van der Waals surface area contributed by atoms with Crippen LogP contribution in [0.25, 0.3) is 0 Å². The SMILES string of the molecule is CC(C)(Nc1ccc([N+](=O)[O-])cc1[N+](=O)[O-])C(N)=O. The molecular weight excluding hydrogens is 256 g/mol. The number of carbonyl (C=O) groups excluding carboxylic acids is 1. The number of nitrogens with two attached hydrogens (primary N) is 1. The van der Waals surface area contributed by atoms with Crippen LogP contribution in [0.4, 0.5) is 17.1 Å². The van der Waals surface area contributed by atoms with Gasteiger partial charge in [0.2, 0.25) is 5.91 Å². The number of rotatable bonds is 5. The lowest BCUT2D eigenvalue weighted by Crippen LogP contribution is -2.45. The van der Waals surface area contributed by atoms with Gasteiger partial charge in [0.1, 0.15) is 11.2 Å². The number of hydrogen-bond donors (Lipinski definition) is 2. The van der Waals surface area contributed by atoms with Gasteiger partial charge in [-0.05, 0) is 19.9 Å². The van der Waals surface area contributed by atoms with Crippen LogP contribution in [0.2, 0.25) is 0 Å². The predicted octanol–water partition coefficient (Wildman–Crippen LogP) is 1.18. The van der Waals surface area contributed by atoms with Crippen molar-refractivity contribution in [2.75, 3.05) is 5.32 Å². The van der Waals surface area contributed by atoms with Crippen LogP contribution in [0.1, 0.15) is 13.8 Å². The van der Waals surface area contributed by atoms with Crippen LogP contribution >= 0.6 is 0 Å². The molecule has 0 saturated heterocycles. The molecule has 102 valence electrons. The van der Waals surface area contributed by atoms with Crippen molar-refractivity contribution in [2.45, 2.75) is 19.4 Å². The molecular formula is C10H12N4O5. The van der Waals surface area contributed by atoms with Crippen molar-refractivity contribution in [3.63, 3.8) is 0 Å². The van der Waals surface area contributed by atoms with Crippen LogP contribution in [-0.4, -0.2) is 21.3 Å². The summed E-state index contributed by atoms with van der Waals surface area (Å²) in [6.07, 6.45) is 0. The fourth-order valence-corrected chi connectivity index (χ4v) is 1.29. The van der Waals surface area contributed by atoms with Gasteiger partial charge in [-0.1, -0.05) is 0 Å². The van der Waals surface area contributed by atoms with E-state index >= 15 is 0 Å². The maximum absolute atomic E-state index is 11.2. The van der Waals surface area contributed by atoms with Gasteiger partial charge in [0.05, 0.1) is 15.9 Å². The van der Waals surface area contributed by atoms with Crippen molar-refractivity contribution in [1.82, 2.24) is 0 Å². The minimum atomic E-state index is -1.22. The molecule has 9 nitrogen and oxygen atoms in total. The number of nitrogens with one attached hydrogen (secondary N) is 1. The Morgan fingerprint density at radius 3 is 2.26 bits per heavy atom. The Hall–Kier alpha value is -2.71. The zero-order chi connectivity index (χ0) is 14.8. The average Bonchev–Trinajstić information content (AvgIpc) is 2.28. The Labute approximate surface area is 107 Å². The topological polar surface area (TPSA) is 141 Å². The lowest BCUT2D eigenvalue weighted by molar-refractivity contribution is -0.393. The number of anilines is 1. The van der Waals surface area contributed by atoms with Crippen molar-refractivity contribution in [3.05, 3.63) is 38.4 Å². The average molecular weight is 268 g/mol. The monoisotopic (exact) mass is 268 g/mol. The van der Waals surface area contributed by atoms with Crippen LogP contribution in [0, 0.1) is 20.2 Å². The van der Waals surface area contributed by atoms with Crippen LogP contribution in [0.15, 0.2) is 18.2 Å². The van der Waals surface area contributed by atoms with E-state index in [9.17, 15) is 25.0 Å². The number of nitrogens with zero attached hydrogens (tertiary/aromatic N) is 2. The van der Waals surface area contributed by atoms with Gasteiger partial charge in [-0.25, -0.2) is 0 Å².